The highest BCUT2D eigenvalue weighted by Crippen LogP contribution is 2.40. The molecule has 0 saturated heterocycles. The summed E-state index contributed by atoms with van der Waals surface area (Å²) in [6, 6.07) is 5.10. The van der Waals surface area contributed by atoms with E-state index in [9.17, 15) is 0 Å². The highest BCUT2D eigenvalue weighted by atomic mass is 16.3. The van der Waals surface area contributed by atoms with Gasteiger partial charge in [-0.3, -0.25) is 0 Å². The summed E-state index contributed by atoms with van der Waals surface area (Å²) in [7, 11) is 0. The van der Waals surface area contributed by atoms with Crippen molar-refractivity contribution in [3.05, 3.63) is 24.2 Å². The molecule has 2 aliphatic rings. The van der Waals surface area contributed by atoms with Gasteiger partial charge >= 0.3 is 0 Å². The Labute approximate surface area is 110 Å². The summed E-state index contributed by atoms with van der Waals surface area (Å²) in [5, 5.41) is 3.76. The normalized spacial score (nSPS) is 33.9. The molecule has 0 amide bonds. The van der Waals surface area contributed by atoms with Crippen LogP contribution in [0.15, 0.2) is 22.8 Å². The number of nitrogens with one attached hydrogen (secondary N) is 1. The molecule has 3 rings (SSSR count). The molecule has 4 unspecified atom stereocenters. The summed E-state index contributed by atoms with van der Waals surface area (Å²) in [5.74, 6) is 3.10. The SMILES string of the molecule is CC(NC1CCC2CCCCC2C1)c1ccco1. The molecule has 2 saturated carbocycles. The highest BCUT2D eigenvalue weighted by molar-refractivity contribution is 5.03. The Morgan fingerprint density at radius 2 is 2.00 bits per heavy atom. The summed E-state index contributed by atoms with van der Waals surface area (Å²) >= 11 is 0. The van der Waals surface area contributed by atoms with Crippen molar-refractivity contribution in [2.45, 2.75) is 64.0 Å². The Hall–Kier alpha value is -0.760. The van der Waals surface area contributed by atoms with Gasteiger partial charge in [0, 0.05) is 6.04 Å². The second-order valence-electron chi connectivity index (χ2n) is 6.22. The molecule has 2 aliphatic carbocycles. The number of hydrogen-bond donors (Lipinski definition) is 1. The minimum atomic E-state index is 0.352. The largest absolute Gasteiger partial charge is 0.468 e. The molecule has 2 heteroatoms. The van der Waals surface area contributed by atoms with Crippen LogP contribution in [-0.4, -0.2) is 6.04 Å². The zero-order valence-electron chi connectivity index (χ0n) is 11.4. The Bertz CT molecular complexity index is 359. The molecular formula is C16H25NO. The molecule has 1 aromatic rings. The van der Waals surface area contributed by atoms with Crippen molar-refractivity contribution in [1.82, 2.24) is 5.32 Å². The molecule has 2 nitrogen and oxygen atoms in total. The fourth-order valence-corrected chi connectivity index (χ4v) is 4.00. The second kappa shape index (κ2) is 5.48. The summed E-state index contributed by atoms with van der Waals surface area (Å²) in [4.78, 5) is 0. The van der Waals surface area contributed by atoms with Crippen LogP contribution in [0, 0.1) is 11.8 Å². The summed E-state index contributed by atoms with van der Waals surface area (Å²) in [5.41, 5.74) is 0. The average Bonchev–Trinajstić information content (AvgIpc) is 2.92. The van der Waals surface area contributed by atoms with Crippen molar-refractivity contribution in [3.63, 3.8) is 0 Å². The number of fused-ring (bicyclic) bond motifs is 1. The van der Waals surface area contributed by atoms with E-state index in [4.69, 9.17) is 4.42 Å². The monoisotopic (exact) mass is 247 g/mol. The van der Waals surface area contributed by atoms with Gasteiger partial charge in [-0.15, -0.1) is 0 Å². The quantitative estimate of drug-likeness (QED) is 0.862. The molecule has 1 heterocycles. The first-order chi connectivity index (χ1) is 8.83. The van der Waals surface area contributed by atoms with Crippen LogP contribution in [0.1, 0.15) is 63.7 Å². The van der Waals surface area contributed by atoms with Crippen LogP contribution >= 0.6 is 0 Å². The van der Waals surface area contributed by atoms with Gasteiger partial charge in [-0.25, -0.2) is 0 Å². The fraction of sp³-hybridized carbons (Fsp3) is 0.750. The Morgan fingerprint density at radius 1 is 1.17 bits per heavy atom. The summed E-state index contributed by atoms with van der Waals surface area (Å²) in [6.45, 7) is 2.21. The fourth-order valence-electron chi connectivity index (χ4n) is 4.00. The lowest BCUT2D eigenvalue weighted by Gasteiger charge is -2.40. The third-order valence-electron chi connectivity index (χ3n) is 5.00. The van der Waals surface area contributed by atoms with Crippen molar-refractivity contribution in [2.24, 2.45) is 11.8 Å². The zero-order chi connectivity index (χ0) is 12.4. The van der Waals surface area contributed by atoms with Crippen LogP contribution < -0.4 is 5.32 Å². The molecule has 0 spiro atoms. The van der Waals surface area contributed by atoms with Crippen LogP contribution in [-0.2, 0) is 0 Å². The van der Waals surface area contributed by atoms with E-state index >= 15 is 0 Å². The molecule has 1 N–H and O–H groups in total. The molecule has 100 valence electrons. The van der Waals surface area contributed by atoms with Crippen molar-refractivity contribution >= 4 is 0 Å². The van der Waals surface area contributed by atoms with Crippen LogP contribution in [0.25, 0.3) is 0 Å². The van der Waals surface area contributed by atoms with E-state index in [0.717, 1.165) is 17.6 Å². The molecule has 2 fully saturated rings. The van der Waals surface area contributed by atoms with Crippen LogP contribution in [0.2, 0.25) is 0 Å². The summed E-state index contributed by atoms with van der Waals surface area (Å²) in [6.07, 6.45) is 11.8. The van der Waals surface area contributed by atoms with Crippen molar-refractivity contribution in [1.29, 1.82) is 0 Å². The van der Waals surface area contributed by atoms with E-state index in [1.807, 2.05) is 6.07 Å². The minimum absolute atomic E-state index is 0.352. The van der Waals surface area contributed by atoms with E-state index in [-0.39, 0.29) is 0 Å². The molecule has 0 bridgehead atoms. The maximum Gasteiger partial charge on any atom is 0.120 e. The predicted molar refractivity (Wildman–Crippen MR) is 73.3 cm³/mol. The van der Waals surface area contributed by atoms with Crippen LogP contribution in [0.4, 0.5) is 0 Å². The maximum atomic E-state index is 5.48. The van der Waals surface area contributed by atoms with E-state index in [2.05, 4.69) is 18.3 Å². The van der Waals surface area contributed by atoms with Gasteiger partial charge in [-0.1, -0.05) is 25.7 Å². The van der Waals surface area contributed by atoms with Gasteiger partial charge in [0.15, 0.2) is 0 Å². The maximum absolute atomic E-state index is 5.48. The van der Waals surface area contributed by atoms with E-state index in [1.54, 1.807) is 6.26 Å². The molecule has 0 radical (unpaired) electrons. The van der Waals surface area contributed by atoms with Gasteiger partial charge in [0.05, 0.1) is 12.3 Å². The lowest BCUT2D eigenvalue weighted by Crippen LogP contribution is -2.39. The van der Waals surface area contributed by atoms with Gasteiger partial charge in [0.2, 0.25) is 0 Å². The van der Waals surface area contributed by atoms with Crippen molar-refractivity contribution in [3.8, 4) is 0 Å². The first-order valence-electron chi connectivity index (χ1n) is 7.62. The van der Waals surface area contributed by atoms with Gasteiger partial charge in [-0.05, 0) is 50.2 Å². The number of hydrogen-bond acceptors (Lipinski definition) is 2. The van der Waals surface area contributed by atoms with Gasteiger partial charge < -0.3 is 9.73 Å². The zero-order valence-corrected chi connectivity index (χ0v) is 11.4. The van der Waals surface area contributed by atoms with Crippen LogP contribution in [0.3, 0.4) is 0 Å². The Balaban J connectivity index is 1.54. The number of furan rings is 1. The van der Waals surface area contributed by atoms with Crippen molar-refractivity contribution in [2.75, 3.05) is 0 Å². The van der Waals surface area contributed by atoms with Crippen molar-refractivity contribution < 1.29 is 4.42 Å². The molecule has 4 atom stereocenters. The molecule has 0 aliphatic heterocycles. The summed E-state index contributed by atoms with van der Waals surface area (Å²) < 4.78 is 5.48. The standard InChI is InChI=1S/C16H25NO/c1-12(16-7-4-10-18-16)17-15-9-8-13-5-2-3-6-14(13)11-15/h4,7,10,12-15,17H,2-3,5-6,8-9,11H2,1H3. The highest BCUT2D eigenvalue weighted by Gasteiger charge is 2.32. The van der Waals surface area contributed by atoms with E-state index < -0.39 is 0 Å². The minimum Gasteiger partial charge on any atom is -0.468 e. The smallest absolute Gasteiger partial charge is 0.120 e. The van der Waals surface area contributed by atoms with Crippen LogP contribution in [0.5, 0.6) is 0 Å². The lowest BCUT2D eigenvalue weighted by atomic mass is 9.69. The lowest BCUT2D eigenvalue weighted by molar-refractivity contribution is 0.138. The van der Waals surface area contributed by atoms with E-state index in [0.29, 0.717) is 12.1 Å². The third-order valence-corrected chi connectivity index (χ3v) is 5.00. The van der Waals surface area contributed by atoms with E-state index in [1.165, 1.54) is 44.9 Å². The van der Waals surface area contributed by atoms with Gasteiger partial charge in [0.1, 0.15) is 5.76 Å². The first-order valence-corrected chi connectivity index (χ1v) is 7.62. The molecule has 18 heavy (non-hydrogen) atoms. The Kier molecular flexibility index (Phi) is 3.74. The first kappa shape index (κ1) is 12.3. The number of rotatable bonds is 3. The molecule has 0 aromatic carbocycles. The topological polar surface area (TPSA) is 25.2 Å². The molecular weight excluding hydrogens is 222 g/mol. The third kappa shape index (κ3) is 2.64. The predicted octanol–water partition coefficient (Wildman–Crippen LogP) is 4.29. The average molecular weight is 247 g/mol. The Morgan fingerprint density at radius 3 is 2.78 bits per heavy atom. The van der Waals surface area contributed by atoms with Gasteiger partial charge in [0.25, 0.3) is 0 Å². The second-order valence-corrected chi connectivity index (χ2v) is 6.22. The molecule has 1 aromatic heterocycles. The van der Waals surface area contributed by atoms with Gasteiger partial charge in [-0.2, -0.15) is 0 Å².